The molecular formula is C28H37NO5. The number of fused-ring (bicyclic) bond motifs is 9. The number of H-pyrrole nitrogens is 1. The molecule has 3 aliphatic carbocycles. The van der Waals surface area contributed by atoms with E-state index in [1.165, 1.54) is 16.6 Å². The average Bonchev–Trinajstić information content (AvgIpc) is 3.27. The second-order valence-electron chi connectivity index (χ2n) is 12.5. The van der Waals surface area contributed by atoms with Crippen molar-refractivity contribution in [1.82, 2.24) is 4.98 Å². The number of rotatable bonds is 2. The predicted octanol–water partition coefficient (Wildman–Crippen LogP) is 4.17. The van der Waals surface area contributed by atoms with Crippen molar-refractivity contribution in [3.05, 3.63) is 35.5 Å². The first-order valence-corrected chi connectivity index (χ1v) is 12.8. The molecular weight excluding hydrogens is 430 g/mol. The van der Waals surface area contributed by atoms with Gasteiger partial charge in [0.1, 0.15) is 5.41 Å². The molecule has 3 fully saturated rings. The second-order valence-corrected chi connectivity index (χ2v) is 12.5. The molecule has 0 radical (unpaired) electrons. The fraction of sp³-hybridized carbons (Fsp3) is 0.679. The molecule has 0 amide bonds. The molecule has 8 atom stereocenters. The number of hydrogen-bond acceptors (Lipinski definition) is 4. The van der Waals surface area contributed by atoms with Crippen molar-refractivity contribution in [2.75, 3.05) is 0 Å². The molecule has 2 heterocycles. The summed E-state index contributed by atoms with van der Waals surface area (Å²) in [6.07, 6.45) is 2.03. The molecule has 8 unspecified atom stereocenters. The Balaban J connectivity index is 1.49. The number of para-hydroxylation sites is 1. The highest BCUT2D eigenvalue weighted by Crippen LogP contribution is 2.71. The zero-order valence-electron chi connectivity index (χ0n) is 20.6. The number of carboxylic acids is 1. The summed E-state index contributed by atoms with van der Waals surface area (Å²) in [7, 11) is 0. The van der Waals surface area contributed by atoms with E-state index in [1.54, 1.807) is 13.8 Å². The van der Waals surface area contributed by atoms with Crippen molar-refractivity contribution < 1.29 is 24.9 Å². The number of ether oxygens (including phenoxy) is 1. The number of carbonyl (C=O) groups is 1. The fourth-order valence-electron chi connectivity index (χ4n) is 8.96. The summed E-state index contributed by atoms with van der Waals surface area (Å²) < 4.78 is 6.35. The maximum atomic E-state index is 13.1. The Morgan fingerprint density at radius 2 is 1.91 bits per heavy atom. The molecule has 6 nitrogen and oxygen atoms in total. The van der Waals surface area contributed by atoms with Crippen molar-refractivity contribution >= 4 is 16.9 Å². The summed E-state index contributed by atoms with van der Waals surface area (Å²) in [5.74, 6) is -0.715. The van der Waals surface area contributed by atoms with Crippen molar-refractivity contribution in [2.45, 2.75) is 95.5 Å². The third-order valence-electron chi connectivity index (χ3n) is 10.9. The van der Waals surface area contributed by atoms with E-state index in [9.17, 15) is 20.1 Å². The third kappa shape index (κ3) is 2.50. The van der Waals surface area contributed by atoms with E-state index in [1.807, 2.05) is 0 Å². The van der Waals surface area contributed by atoms with Crippen molar-refractivity contribution in [3.63, 3.8) is 0 Å². The molecule has 0 bridgehead atoms. The van der Waals surface area contributed by atoms with E-state index in [0.29, 0.717) is 12.3 Å². The number of hydrogen-bond donors (Lipinski definition) is 4. The van der Waals surface area contributed by atoms with Crippen LogP contribution in [0.4, 0.5) is 0 Å². The van der Waals surface area contributed by atoms with Crippen LogP contribution in [0.25, 0.3) is 10.9 Å². The number of carboxylic acid groups (broad SMARTS) is 1. The molecule has 0 spiro atoms. The first-order chi connectivity index (χ1) is 16.0. The first kappa shape index (κ1) is 22.6. The number of aliphatic carboxylic acids is 1. The summed E-state index contributed by atoms with van der Waals surface area (Å²) in [6, 6.07) is 8.46. The number of nitrogens with one attached hydrogen (secondary N) is 1. The molecule has 4 N–H and O–H groups in total. The van der Waals surface area contributed by atoms with Gasteiger partial charge in [-0.05, 0) is 74.8 Å². The van der Waals surface area contributed by atoms with Crippen LogP contribution < -0.4 is 0 Å². The lowest BCUT2D eigenvalue weighted by Gasteiger charge is -2.66. The Labute approximate surface area is 200 Å². The van der Waals surface area contributed by atoms with E-state index in [0.717, 1.165) is 31.2 Å². The van der Waals surface area contributed by atoms with Crippen LogP contribution in [0.5, 0.6) is 0 Å². The standard InChI is InChI=1S/C28H37NO5/c1-25(2,33)22-14-20(30)28(24(31)32)19-10-9-15-13-17-16-7-5-6-8-18(16)29-23(17)27(15,4)26(19,3)12-11-21(28)34-22/h5-8,15,19-22,29-30,33H,9-14H2,1-4H3,(H,31,32). The van der Waals surface area contributed by atoms with Gasteiger partial charge in [0, 0.05) is 28.4 Å². The summed E-state index contributed by atoms with van der Waals surface area (Å²) in [4.78, 5) is 16.9. The van der Waals surface area contributed by atoms with E-state index >= 15 is 0 Å². The van der Waals surface area contributed by atoms with E-state index in [-0.39, 0.29) is 23.2 Å². The third-order valence-corrected chi connectivity index (χ3v) is 10.9. The highest BCUT2D eigenvalue weighted by molar-refractivity contribution is 5.86. The highest BCUT2D eigenvalue weighted by atomic mass is 16.5. The zero-order chi connectivity index (χ0) is 24.3. The lowest BCUT2D eigenvalue weighted by atomic mass is 9.39. The molecule has 6 heteroatoms. The molecule has 34 heavy (non-hydrogen) atoms. The summed E-state index contributed by atoms with van der Waals surface area (Å²) in [5, 5.41) is 34.2. The Morgan fingerprint density at radius 3 is 2.62 bits per heavy atom. The maximum absolute atomic E-state index is 13.1. The van der Waals surface area contributed by atoms with Gasteiger partial charge in [-0.1, -0.05) is 32.0 Å². The van der Waals surface area contributed by atoms with Crippen LogP contribution in [0.1, 0.15) is 71.1 Å². The zero-order valence-corrected chi connectivity index (χ0v) is 20.6. The highest BCUT2D eigenvalue weighted by Gasteiger charge is 2.73. The van der Waals surface area contributed by atoms with Crippen LogP contribution >= 0.6 is 0 Å². The minimum atomic E-state index is -1.36. The minimum Gasteiger partial charge on any atom is -0.481 e. The Morgan fingerprint density at radius 1 is 1.18 bits per heavy atom. The van der Waals surface area contributed by atoms with Gasteiger partial charge >= 0.3 is 5.97 Å². The molecule has 1 aliphatic heterocycles. The number of aliphatic hydroxyl groups is 2. The van der Waals surface area contributed by atoms with Gasteiger partial charge in [0.25, 0.3) is 0 Å². The van der Waals surface area contributed by atoms with Gasteiger partial charge in [0.2, 0.25) is 0 Å². The minimum absolute atomic E-state index is 0.136. The summed E-state index contributed by atoms with van der Waals surface area (Å²) in [6.45, 7) is 7.97. The van der Waals surface area contributed by atoms with Gasteiger partial charge in [0.15, 0.2) is 0 Å². The molecule has 184 valence electrons. The Bertz CT molecular complexity index is 1170. The van der Waals surface area contributed by atoms with Gasteiger partial charge in [-0.2, -0.15) is 0 Å². The smallest absolute Gasteiger partial charge is 0.315 e. The number of aromatic nitrogens is 1. The summed E-state index contributed by atoms with van der Waals surface area (Å²) >= 11 is 0. The van der Waals surface area contributed by atoms with Crippen LogP contribution in [-0.4, -0.2) is 50.2 Å². The van der Waals surface area contributed by atoms with E-state index < -0.39 is 35.3 Å². The van der Waals surface area contributed by atoms with Crippen LogP contribution in [0, 0.1) is 22.7 Å². The van der Waals surface area contributed by atoms with Crippen molar-refractivity contribution in [1.29, 1.82) is 0 Å². The second kappa shape index (κ2) is 6.86. The largest absolute Gasteiger partial charge is 0.481 e. The van der Waals surface area contributed by atoms with Gasteiger partial charge < -0.3 is 25.0 Å². The molecule has 2 saturated carbocycles. The monoisotopic (exact) mass is 467 g/mol. The van der Waals surface area contributed by atoms with Crippen LogP contribution in [-0.2, 0) is 21.4 Å². The lowest BCUT2D eigenvalue weighted by molar-refractivity contribution is -0.283. The quantitative estimate of drug-likeness (QED) is 0.531. The molecule has 2 aromatic rings. The lowest BCUT2D eigenvalue weighted by Crippen LogP contribution is -2.72. The van der Waals surface area contributed by atoms with Crippen LogP contribution in [0.3, 0.4) is 0 Å². The molecule has 1 aromatic heterocycles. The average molecular weight is 468 g/mol. The van der Waals surface area contributed by atoms with E-state index in [2.05, 4.69) is 43.1 Å². The number of benzene rings is 1. The van der Waals surface area contributed by atoms with Crippen molar-refractivity contribution in [2.24, 2.45) is 22.7 Å². The molecule has 1 saturated heterocycles. The van der Waals surface area contributed by atoms with Crippen molar-refractivity contribution in [3.8, 4) is 0 Å². The topological polar surface area (TPSA) is 103 Å². The van der Waals surface area contributed by atoms with Crippen LogP contribution in [0.15, 0.2) is 24.3 Å². The molecule has 6 rings (SSSR count). The molecule has 1 aromatic carbocycles. The van der Waals surface area contributed by atoms with Gasteiger partial charge in [-0.15, -0.1) is 0 Å². The normalized spacial score (nSPS) is 43.6. The van der Waals surface area contributed by atoms with Gasteiger partial charge in [-0.3, -0.25) is 4.79 Å². The van der Waals surface area contributed by atoms with Gasteiger partial charge in [0.05, 0.1) is 23.9 Å². The maximum Gasteiger partial charge on any atom is 0.315 e. The SMILES string of the molecule is CC(C)(O)C1CC(O)C2(C(=O)O)C(CCC3(C)C2CCC2Cc4c([nH]c5ccccc45)C23C)O1. The Hall–Kier alpha value is -1.89. The van der Waals surface area contributed by atoms with E-state index in [4.69, 9.17) is 4.74 Å². The van der Waals surface area contributed by atoms with Crippen LogP contribution in [0.2, 0.25) is 0 Å². The first-order valence-electron chi connectivity index (χ1n) is 12.8. The number of aromatic amines is 1. The number of aliphatic hydroxyl groups excluding tert-OH is 1. The van der Waals surface area contributed by atoms with Gasteiger partial charge in [-0.25, -0.2) is 0 Å². The summed E-state index contributed by atoms with van der Waals surface area (Å²) in [5.41, 5.74) is 0.795. The Kier molecular flexibility index (Phi) is 4.55. The fourth-order valence-corrected chi connectivity index (χ4v) is 8.96. The predicted molar refractivity (Wildman–Crippen MR) is 129 cm³/mol. The molecule has 4 aliphatic rings.